The highest BCUT2D eigenvalue weighted by molar-refractivity contribution is 7.80. The molecule has 2 fully saturated rings. The first-order valence-electron chi connectivity index (χ1n) is 8.38. The number of nitrogens with one attached hydrogen (secondary N) is 1. The first-order chi connectivity index (χ1) is 10.1. The lowest BCUT2D eigenvalue weighted by Gasteiger charge is -2.36. The van der Waals surface area contributed by atoms with Crippen LogP contribution in [0.15, 0.2) is 0 Å². The van der Waals surface area contributed by atoms with Crippen LogP contribution in [0.2, 0.25) is 0 Å². The van der Waals surface area contributed by atoms with Crippen LogP contribution in [-0.4, -0.2) is 41.5 Å². The average molecular weight is 311 g/mol. The van der Waals surface area contributed by atoms with Gasteiger partial charge in [0.1, 0.15) is 0 Å². The largest absolute Gasteiger partial charge is 0.392 e. The maximum Gasteiger partial charge on any atom is 0.233 e. The topological polar surface area (TPSA) is 58.4 Å². The zero-order chi connectivity index (χ0) is 15.3. The summed E-state index contributed by atoms with van der Waals surface area (Å²) >= 11 is 5.22. The SMILES string of the molecule is CC(CNC(=O)C1(C(N)=S)CCCCC1)N1CCCCC1. The fraction of sp³-hybridized carbons (Fsp3) is 0.875. The van der Waals surface area contributed by atoms with Gasteiger partial charge in [-0.05, 0) is 45.7 Å². The first-order valence-corrected chi connectivity index (χ1v) is 8.79. The predicted octanol–water partition coefficient (Wildman–Crippen LogP) is 2.21. The normalized spacial score (nSPS) is 24.2. The third kappa shape index (κ3) is 3.95. The Kier molecular flexibility index (Phi) is 5.99. The van der Waals surface area contributed by atoms with Gasteiger partial charge in [0.2, 0.25) is 5.91 Å². The molecule has 5 heteroatoms. The average Bonchev–Trinajstić information content (AvgIpc) is 2.53. The lowest BCUT2D eigenvalue weighted by molar-refractivity contribution is -0.129. The smallest absolute Gasteiger partial charge is 0.233 e. The molecule has 4 nitrogen and oxygen atoms in total. The molecule has 1 amide bonds. The Hall–Kier alpha value is -0.680. The van der Waals surface area contributed by atoms with Crippen LogP contribution in [0, 0.1) is 5.41 Å². The van der Waals surface area contributed by atoms with E-state index in [-0.39, 0.29) is 5.91 Å². The number of hydrogen-bond acceptors (Lipinski definition) is 3. The van der Waals surface area contributed by atoms with Gasteiger partial charge in [0.15, 0.2) is 0 Å². The van der Waals surface area contributed by atoms with Crippen molar-refractivity contribution in [3.05, 3.63) is 0 Å². The van der Waals surface area contributed by atoms with Crippen molar-refractivity contribution in [2.24, 2.45) is 11.1 Å². The maximum atomic E-state index is 12.7. The fourth-order valence-corrected chi connectivity index (χ4v) is 3.94. The van der Waals surface area contributed by atoms with Gasteiger partial charge < -0.3 is 11.1 Å². The van der Waals surface area contributed by atoms with E-state index in [1.54, 1.807) is 0 Å². The van der Waals surface area contributed by atoms with E-state index >= 15 is 0 Å². The van der Waals surface area contributed by atoms with Crippen LogP contribution in [-0.2, 0) is 4.79 Å². The molecule has 3 N–H and O–H groups in total. The van der Waals surface area contributed by atoms with E-state index in [0.717, 1.165) is 38.8 Å². The zero-order valence-electron chi connectivity index (χ0n) is 13.2. The zero-order valence-corrected chi connectivity index (χ0v) is 14.0. The van der Waals surface area contributed by atoms with E-state index in [2.05, 4.69) is 17.1 Å². The van der Waals surface area contributed by atoms with Crippen molar-refractivity contribution in [2.45, 2.75) is 64.3 Å². The molecule has 21 heavy (non-hydrogen) atoms. The molecule has 0 aromatic carbocycles. The molecule has 0 bridgehead atoms. The Morgan fingerprint density at radius 1 is 1.19 bits per heavy atom. The van der Waals surface area contributed by atoms with Crippen LogP contribution in [0.4, 0.5) is 0 Å². The lowest BCUT2D eigenvalue weighted by atomic mass is 9.73. The molecule has 0 aromatic rings. The molecule has 120 valence electrons. The summed E-state index contributed by atoms with van der Waals surface area (Å²) in [6.07, 6.45) is 8.78. The number of thiocarbonyl (C=S) groups is 1. The predicted molar refractivity (Wildman–Crippen MR) is 90.2 cm³/mol. The van der Waals surface area contributed by atoms with E-state index in [0.29, 0.717) is 17.6 Å². The second-order valence-corrected chi connectivity index (χ2v) is 7.10. The Labute approximate surface area is 133 Å². The summed E-state index contributed by atoms with van der Waals surface area (Å²) in [5, 5.41) is 3.12. The number of carbonyl (C=O) groups excluding carboxylic acids is 1. The summed E-state index contributed by atoms with van der Waals surface area (Å²) < 4.78 is 0. The van der Waals surface area contributed by atoms with Gasteiger partial charge in [0.05, 0.1) is 10.4 Å². The van der Waals surface area contributed by atoms with E-state index in [1.807, 2.05) is 0 Å². The summed E-state index contributed by atoms with van der Waals surface area (Å²) in [6, 6.07) is 0.390. The number of carbonyl (C=O) groups is 1. The number of rotatable bonds is 5. The molecular formula is C16H29N3OS. The maximum absolute atomic E-state index is 12.7. The highest BCUT2D eigenvalue weighted by Crippen LogP contribution is 2.36. The van der Waals surface area contributed by atoms with Crippen molar-refractivity contribution in [2.75, 3.05) is 19.6 Å². The van der Waals surface area contributed by atoms with Gasteiger partial charge in [0.25, 0.3) is 0 Å². The second kappa shape index (κ2) is 7.54. The van der Waals surface area contributed by atoms with Crippen LogP contribution in [0.5, 0.6) is 0 Å². The summed E-state index contributed by atoms with van der Waals surface area (Å²) in [7, 11) is 0. The minimum Gasteiger partial charge on any atom is -0.392 e. The van der Waals surface area contributed by atoms with Crippen LogP contribution in [0.1, 0.15) is 58.3 Å². The lowest BCUT2D eigenvalue weighted by Crippen LogP contribution is -2.53. The Morgan fingerprint density at radius 3 is 2.33 bits per heavy atom. The standard InChI is InChI=1S/C16H29N3OS/c1-13(19-10-6-3-7-11-19)12-18-15(20)16(14(17)21)8-4-2-5-9-16/h13H,2-12H2,1H3,(H2,17,21)(H,18,20). The Balaban J connectivity index is 1.88. The van der Waals surface area contributed by atoms with Crippen LogP contribution in [0.25, 0.3) is 0 Å². The van der Waals surface area contributed by atoms with Gasteiger partial charge in [-0.25, -0.2) is 0 Å². The molecule has 0 aromatic heterocycles. The number of hydrogen-bond donors (Lipinski definition) is 2. The minimum atomic E-state index is -0.588. The molecule has 1 saturated heterocycles. The molecule has 1 saturated carbocycles. The van der Waals surface area contributed by atoms with E-state index in [9.17, 15) is 4.79 Å². The fourth-order valence-electron chi connectivity index (χ4n) is 3.64. The van der Waals surface area contributed by atoms with Crippen LogP contribution < -0.4 is 11.1 Å². The second-order valence-electron chi connectivity index (χ2n) is 6.66. The van der Waals surface area contributed by atoms with E-state index in [1.165, 1.54) is 25.7 Å². The van der Waals surface area contributed by atoms with Crippen molar-refractivity contribution in [1.29, 1.82) is 0 Å². The van der Waals surface area contributed by atoms with Crippen molar-refractivity contribution in [3.8, 4) is 0 Å². The van der Waals surface area contributed by atoms with Gasteiger partial charge in [-0.1, -0.05) is 37.9 Å². The van der Waals surface area contributed by atoms with E-state index in [4.69, 9.17) is 18.0 Å². The highest BCUT2D eigenvalue weighted by Gasteiger charge is 2.42. The molecule has 2 aliphatic rings. The minimum absolute atomic E-state index is 0.0542. The van der Waals surface area contributed by atoms with Gasteiger partial charge in [0, 0.05) is 12.6 Å². The number of likely N-dealkylation sites (tertiary alicyclic amines) is 1. The molecule has 1 aliphatic heterocycles. The number of amides is 1. The van der Waals surface area contributed by atoms with Gasteiger partial charge >= 0.3 is 0 Å². The van der Waals surface area contributed by atoms with Crippen molar-refractivity contribution in [1.82, 2.24) is 10.2 Å². The van der Waals surface area contributed by atoms with Crippen molar-refractivity contribution >= 4 is 23.1 Å². The molecule has 1 unspecified atom stereocenters. The van der Waals surface area contributed by atoms with Crippen LogP contribution >= 0.6 is 12.2 Å². The molecule has 0 spiro atoms. The summed E-state index contributed by atoms with van der Waals surface area (Å²) in [4.78, 5) is 15.5. The molecule has 1 aliphatic carbocycles. The van der Waals surface area contributed by atoms with Gasteiger partial charge in [-0.2, -0.15) is 0 Å². The molecule has 1 heterocycles. The summed E-state index contributed by atoms with van der Waals surface area (Å²) in [5.74, 6) is 0.0542. The Morgan fingerprint density at radius 2 is 1.76 bits per heavy atom. The molecule has 1 atom stereocenters. The first kappa shape index (κ1) is 16.7. The van der Waals surface area contributed by atoms with E-state index < -0.39 is 5.41 Å². The Bertz CT molecular complexity index is 374. The quantitative estimate of drug-likeness (QED) is 0.764. The summed E-state index contributed by atoms with van der Waals surface area (Å²) in [5.41, 5.74) is 5.32. The monoisotopic (exact) mass is 311 g/mol. The molecular weight excluding hydrogens is 282 g/mol. The third-order valence-electron chi connectivity index (χ3n) is 5.19. The highest BCUT2D eigenvalue weighted by atomic mass is 32.1. The number of piperidine rings is 1. The van der Waals surface area contributed by atoms with Crippen LogP contribution in [0.3, 0.4) is 0 Å². The van der Waals surface area contributed by atoms with Crippen molar-refractivity contribution < 1.29 is 4.79 Å². The van der Waals surface area contributed by atoms with Crippen molar-refractivity contribution in [3.63, 3.8) is 0 Å². The summed E-state index contributed by atoms with van der Waals surface area (Å²) in [6.45, 7) is 5.19. The number of nitrogens with zero attached hydrogens (tertiary/aromatic N) is 1. The third-order valence-corrected chi connectivity index (χ3v) is 5.58. The van der Waals surface area contributed by atoms with Gasteiger partial charge in [-0.3, -0.25) is 9.69 Å². The molecule has 0 radical (unpaired) electrons. The van der Waals surface area contributed by atoms with Gasteiger partial charge in [-0.15, -0.1) is 0 Å². The number of nitrogens with two attached hydrogens (primary N) is 1. The molecule has 2 rings (SSSR count).